The number of para-hydroxylation sites is 1. The molecular formula is C14H13NO. The van der Waals surface area contributed by atoms with Gasteiger partial charge in [-0.3, -0.25) is 4.98 Å². The molecule has 1 aliphatic heterocycles. The predicted molar refractivity (Wildman–Crippen MR) is 62.6 cm³/mol. The second kappa shape index (κ2) is 3.97. The van der Waals surface area contributed by atoms with Crippen molar-refractivity contribution in [1.29, 1.82) is 0 Å². The molecule has 0 N–H and O–H groups in total. The van der Waals surface area contributed by atoms with E-state index in [9.17, 15) is 0 Å². The van der Waals surface area contributed by atoms with Crippen LogP contribution in [0.15, 0.2) is 48.8 Å². The normalized spacial score (nSPS) is 18.6. The summed E-state index contributed by atoms with van der Waals surface area (Å²) >= 11 is 0. The van der Waals surface area contributed by atoms with Crippen molar-refractivity contribution in [3.63, 3.8) is 0 Å². The first-order valence-corrected chi connectivity index (χ1v) is 5.54. The Labute approximate surface area is 94.9 Å². The molecule has 0 aliphatic carbocycles. The molecule has 0 spiro atoms. The van der Waals surface area contributed by atoms with Gasteiger partial charge < -0.3 is 4.74 Å². The number of hydrogen-bond acceptors (Lipinski definition) is 2. The summed E-state index contributed by atoms with van der Waals surface area (Å²) in [5, 5.41) is 0. The van der Waals surface area contributed by atoms with Crippen molar-refractivity contribution in [2.75, 3.05) is 6.61 Å². The highest BCUT2D eigenvalue weighted by Gasteiger charge is 2.20. The third-order valence-corrected chi connectivity index (χ3v) is 3.06. The summed E-state index contributed by atoms with van der Waals surface area (Å²) in [5.41, 5.74) is 2.61. The first-order chi connectivity index (χ1) is 7.93. The third kappa shape index (κ3) is 1.67. The van der Waals surface area contributed by atoms with Crippen LogP contribution < -0.4 is 4.74 Å². The van der Waals surface area contributed by atoms with Gasteiger partial charge in [0.05, 0.1) is 6.61 Å². The molecule has 0 radical (unpaired) electrons. The van der Waals surface area contributed by atoms with Crippen molar-refractivity contribution in [2.45, 2.75) is 12.3 Å². The van der Waals surface area contributed by atoms with Crippen molar-refractivity contribution in [3.8, 4) is 5.75 Å². The van der Waals surface area contributed by atoms with E-state index in [1.165, 1.54) is 11.1 Å². The van der Waals surface area contributed by atoms with E-state index in [2.05, 4.69) is 29.2 Å². The number of benzene rings is 1. The Hall–Kier alpha value is -1.83. The van der Waals surface area contributed by atoms with E-state index in [0.717, 1.165) is 18.8 Å². The van der Waals surface area contributed by atoms with Gasteiger partial charge in [0.25, 0.3) is 0 Å². The zero-order chi connectivity index (χ0) is 10.8. The van der Waals surface area contributed by atoms with Gasteiger partial charge in [-0.25, -0.2) is 0 Å². The fourth-order valence-electron chi connectivity index (χ4n) is 2.18. The van der Waals surface area contributed by atoms with Gasteiger partial charge in [-0.05, 0) is 35.7 Å². The molecule has 2 heterocycles. The monoisotopic (exact) mass is 211 g/mol. The number of rotatable bonds is 1. The fourth-order valence-corrected chi connectivity index (χ4v) is 2.18. The Morgan fingerprint density at radius 3 is 2.75 bits per heavy atom. The first-order valence-electron chi connectivity index (χ1n) is 5.54. The molecule has 80 valence electrons. The quantitative estimate of drug-likeness (QED) is 0.723. The van der Waals surface area contributed by atoms with Gasteiger partial charge in [0.2, 0.25) is 0 Å². The van der Waals surface area contributed by atoms with Crippen LogP contribution in [-0.4, -0.2) is 11.6 Å². The van der Waals surface area contributed by atoms with Crippen molar-refractivity contribution in [3.05, 3.63) is 59.9 Å². The number of ether oxygens (including phenoxy) is 1. The van der Waals surface area contributed by atoms with Gasteiger partial charge in [0.1, 0.15) is 5.75 Å². The average Bonchev–Trinajstić information content (AvgIpc) is 2.39. The molecule has 0 bridgehead atoms. The van der Waals surface area contributed by atoms with E-state index in [1.807, 2.05) is 24.5 Å². The zero-order valence-electron chi connectivity index (χ0n) is 8.97. The lowest BCUT2D eigenvalue weighted by Gasteiger charge is -2.25. The van der Waals surface area contributed by atoms with E-state index >= 15 is 0 Å². The SMILES string of the molecule is c1ccc2c(c1)C[C@H](c1ccncc1)CO2. The van der Waals surface area contributed by atoms with Crippen LogP contribution in [0.3, 0.4) is 0 Å². The highest BCUT2D eigenvalue weighted by Crippen LogP contribution is 2.31. The summed E-state index contributed by atoms with van der Waals surface area (Å²) in [4.78, 5) is 4.04. The Morgan fingerprint density at radius 1 is 1.06 bits per heavy atom. The van der Waals surface area contributed by atoms with Gasteiger partial charge in [-0.15, -0.1) is 0 Å². The van der Waals surface area contributed by atoms with E-state index < -0.39 is 0 Å². The number of nitrogens with zero attached hydrogens (tertiary/aromatic N) is 1. The van der Waals surface area contributed by atoms with Gasteiger partial charge in [0, 0.05) is 18.3 Å². The largest absolute Gasteiger partial charge is 0.493 e. The Kier molecular flexibility index (Phi) is 2.33. The van der Waals surface area contributed by atoms with E-state index in [4.69, 9.17) is 4.74 Å². The zero-order valence-corrected chi connectivity index (χ0v) is 8.97. The molecule has 2 heteroatoms. The van der Waals surface area contributed by atoms with Gasteiger partial charge in [0.15, 0.2) is 0 Å². The summed E-state index contributed by atoms with van der Waals surface area (Å²) < 4.78 is 5.77. The van der Waals surface area contributed by atoms with Crippen molar-refractivity contribution >= 4 is 0 Å². The Balaban J connectivity index is 1.89. The van der Waals surface area contributed by atoms with Crippen LogP contribution in [0, 0.1) is 0 Å². The molecule has 3 rings (SSSR count). The minimum atomic E-state index is 0.456. The number of hydrogen-bond donors (Lipinski definition) is 0. The lowest BCUT2D eigenvalue weighted by atomic mass is 9.91. The van der Waals surface area contributed by atoms with Crippen LogP contribution in [0.1, 0.15) is 17.0 Å². The molecule has 0 saturated carbocycles. The maximum Gasteiger partial charge on any atom is 0.122 e. The molecular weight excluding hydrogens is 198 g/mol. The van der Waals surface area contributed by atoms with Crippen LogP contribution in [0.25, 0.3) is 0 Å². The lowest BCUT2D eigenvalue weighted by molar-refractivity contribution is 0.262. The van der Waals surface area contributed by atoms with E-state index in [-0.39, 0.29) is 0 Å². The minimum Gasteiger partial charge on any atom is -0.493 e. The van der Waals surface area contributed by atoms with Crippen molar-refractivity contribution in [2.24, 2.45) is 0 Å². The molecule has 0 saturated heterocycles. The minimum absolute atomic E-state index is 0.456. The molecule has 16 heavy (non-hydrogen) atoms. The molecule has 2 aromatic rings. The Bertz CT molecular complexity index is 481. The van der Waals surface area contributed by atoms with Crippen LogP contribution in [-0.2, 0) is 6.42 Å². The second-order valence-corrected chi connectivity index (χ2v) is 4.10. The topological polar surface area (TPSA) is 22.1 Å². The molecule has 1 aromatic heterocycles. The molecule has 1 atom stereocenters. The maximum atomic E-state index is 5.77. The highest BCUT2D eigenvalue weighted by molar-refractivity contribution is 5.37. The van der Waals surface area contributed by atoms with Crippen LogP contribution in [0.2, 0.25) is 0 Å². The first kappa shape index (κ1) is 9.40. The van der Waals surface area contributed by atoms with Gasteiger partial charge >= 0.3 is 0 Å². The summed E-state index contributed by atoms with van der Waals surface area (Å²) in [7, 11) is 0. The van der Waals surface area contributed by atoms with Crippen LogP contribution >= 0.6 is 0 Å². The third-order valence-electron chi connectivity index (χ3n) is 3.06. The lowest BCUT2D eigenvalue weighted by Crippen LogP contribution is -2.19. The van der Waals surface area contributed by atoms with Crippen LogP contribution in [0.5, 0.6) is 5.75 Å². The van der Waals surface area contributed by atoms with Gasteiger partial charge in [-0.2, -0.15) is 0 Å². The molecule has 0 unspecified atom stereocenters. The number of aromatic nitrogens is 1. The summed E-state index contributed by atoms with van der Waals surface area (Å²) in [5.74, 6) is 1.49. The summed E-state index contributed by atoms with van der Waals surface area (Å²) in [6.45, 7) is 0.765. The number of fused-ring (bicyclic) bond motifs is 1. The van der Waals surface area contributed by atoms with Crippen molar-refractivity contribution < 1.29 is 4.74 Å². The number of pyridine rings is 1. The molecule has 0 amide bonds. The summed E-state index contributed by atoms with van der Waals surface area (Å²) in [6.07, 6.45) is 4.74. The van der Waals surface area contributed by atoms with Crippen molar-refractivity contribution in [1.82, 2.24) is 4.98 Å². The highest BCUT2D eigenvalue weighted by atomic mass is 16.5. The van der Waals surface area contributed by atoms with E-state index in [0.29, 0.717) is 5.92 Å². The summed E-state index contributed by atoms with van der Waals surface area (Å²) in [6, 6.07) is 12.4. The smallest absolute Gasteiger partial charge is 0.122 e. The predicted octanol–water partition coefficient (Wildman–Crippen LogP) is 2.80. The molecule has 2 nitrogen and oxygen atoms in total. The average molecular weight is 211 g/mol. The fraction of sp³-hybridized carbons (Fsp3) is 0.214. The maximum absolute atomic E-state index is 5.77. The van der Waals surface area contributed by atoms with Crippen LogP contribution in [0.4, 0.5) is 0 Å². The standard InChI is InChI=1S/C14H13NO/c1-2-4-14-12(3-1)9-13(10-16-14)11-5-7-15-8-6-11/h1-8,13H,9-10H2/t13-/m0/s1. The second-order valence-electron chi connectivity index (χ2n) is 4.10. The Morgan fingerprint density at radius 2 is 1.88 bits per heavy atom. The van der Waals surface area contributed by atoms with Gasteiger partial charge in [-0.1, -0.05) is 18.2 Å². The molecule has 1 aliphatic rings. The molecule has 0 fully saturated rings. The molecule has 1 aromatic carbocycles. The van der Waals surface area contributed by atoms with E-state index in [1.54, 1.807) is 0 Å².